The van der Waals surface area contributed by atoms with Gasteiger partial charge in [-0.15, -0.1) is 0 Å². The molecule has 1 rings (SSSR count). The summed E-state index contributed by atoms with van der Waals surface area (Å²) < 4.78 is 1.49. The van der Waals surface area contributed by atoms with Crippen LogP contribution in [0.4, 0.5) is 5.82 Å². The van der Waals surface area contributed by atoms with Crippen LogP contribution in [0.25, 0.3) is 0 Å². The first-order chi connectivity index (χ1) is 7.43. The standard InChI is InChI=1S/C10H16N4OS/c1-7(6-8(11)16)14(3)9-10(15)13(2)5-4-12-9/h4-5,7H,6H2,1-3H3,(H2,11,16). The molecule has 6 heteroatoms. The van der Waals surface area contributed by atoms with E-state index < -0.39 is 0 Å². The highest BCUT2D eigenvalue weighted by Crippen LogP contribution is 2.08. The van der Waals surface area contributed by atoms with E-state index in [1.807, 2.05) is 14.0 Å². The van der Waals surface area contributed by atoms with E-state index in [1.54, 1.807) is 24.3 Å². The van der Waals surface area contributed by atoms with Crippen LogP contribution < -0.4 is 16.2 Å². The third-order valence-corrected chi connectivity index (χ3v) is 2.66. The Balaban J connectivity index is 2.96. The number of anilines is 1. The van der Waals surface area contributed by atoms with Gasteiger partial charge in [0.2, 0.25) is 0 Å². The summed E-state index contributed by atoms with van der Waals surface area (Å²) in [6.07, 6.45) is 3.78. The summed E-state index contributed by atoms with van der Waals surface area (Å²) in [6, 6.07) is 0.0556. The maximum absolute atomic E-state index is 11.8. The van der Waals surface area contributed by atoms with E-state index in [2.05, 4.69) is 4.98 Å². The van der Waals surface area contributed by atoms with Gasteiger partial charge in [0.15, 0.2) is 5.82 Å². The predicted molar refractivity (Wildman–Crippen MR) is 68.7 cm³/mol. The summed E-state index contributed by atoms with van der Waals surface area (Å²) in [7, 11) is 3.51. The van der Waals surface area contributed by atoms with Crippen LogP contribution in [-0.2, 0) is 7.05 Å². The third kappa shape index (κ3) is 2.79. The van der Waals surface area contributed by atoms with E-state index in [0.717, 1.165) is 0 Å². The molecule has 0 bridgehead atoms. The molecular formula is C10H16N4OS. The SMILES string of the molecule is CC(CC(N)=S)N(C)c1nccn(C)c1=O. The van der Waals surface area contributed by atoms with Gasteiger partial charge in [0, 0.05) is 39.0 Å². The highest BCUT2D eigenvalue weighted by Gasteiger charge is 2.15. The largest absolute Gasteiger partial charge is 0.393 e. The van der Waals surface area contributed by atoms with Crippen molar-refractivity contribution in [2.75, 3.05) is 11.9 Å². The first-order valence-corrected chi connectivity index (χ1v) is 5.37. The molecule has 88 valence electrons. The lowest BCUT2D eigenvalue weighted by molar-refractivity contribution is 0.690. The van der Waals surface area contributed by atoms with Crippen LogP contribution in [0.1, 0.15) is 13.3 Å². The van der Waals surface area contributed by atoms with Gasteiger partial charge in [0.25, 0.3) is 5.56 Å². The Kier molecular flexibility index (Phi) is 4.00. The summed E-state index contributed by atoms with van der Waals surface area (Å²) in [5.41, 5.74) is 5.35. The number of aromatic nitrogens is 2. The quantitative estimate of drug-likeness (QED) is 0.766. The Morgan fingerprint density at radius 1 is 1.75 bits per heavy atom. The third-order valence-electron chi connectivity index (χ3n) is 2.49. The molecular weight excluding hydrogens is 224 g/mol. The zero-order valence-electron chi connectivity index (χ0n) is 9.67. The number of aryl methyl sites for hydroxylation is 1. The lowest BCUT2D eigenvalue weighted by Gasteiger charge is -2.24. The number of hydrogen-bond donors (Lipinski definition) is 1. The molecule has 0 aliphatic heterocycles. The van der Waals surface area contributed by atoms with Crippen molar-refractivity contribution in [3.63, 3.8) is 0 Å². The molecule has 0 aliphatic carbocycles. The fourth-order valence-corrected chi connectivity index (χ4v) is 1.60. The molecule has 0 saturated heterocycles. The molecule has 1 heterocycles. The number of hydrogen-bond acceptors (Lipinski definition) is 4. The Hall–Kier alpha value is -1.43. The van der Waals surface area contributed by atoms with Gasteiger partial charge < -0.3 is 15.2 Å². The average molecular weight is 240 g/mol. The molecule has 0 amide bonds. The van der Waals surface area contributed by atoms with Gasteiger partial charge in [-0.25, -0.2) is 4.98 Å². The van der Waals surface area contributed by atoms with Crippen molar-refractivity contribution in [1.29, 1.82) is 0 Å². The van der Waals surface area contributed by atoms with Crippen LogP contribution in [0.2, 0.25) is 0 Å². The molecule has 0 saturated carbocycles. The fourth-order valence-electron chi connectivity index (χ4n) is 1.36. The molecule has 1 atom stereocenters. The zero-order chi connectivity index (χ0) is 12.3. The van der Waals surface area contributed by atoms with Crippen LogP contribution in [0.15, 0.2) is 17.2 Å². The molecule has 0 spiro atoms. The summed E-state index contributed by atoms with van der Waals surface area (Å²) in [5.74, 6) is 0.411. The van der Waals surface area contributed by atoms with Gasteiger partial charge in [-0.05, 0) is 6.92 Å². The van der Waals surface area contributed by atoms with Gasteiger partial charge in [-0.2, -0.15) is 0 Å². The average Bonchev–Trinajstić information content (AvgIpc) is 2.20. The zero-order valence-corrected chi connectivity index (χ0v) is 10.5. The van der Waals surface area contributed by atoms with Crippen molar-refractivity contribution in [3.8, 4) is 0 Å². The number of rotatable bonds is 4. The number of nitrogens with zero attached hydrogens (tertiary/aromatic N) is 3. The van der Waals surface area contributed by atoms with E-state index in [4.69, 9.17) is 18.0 Å². The molecule has 1 unspecified atom stereocenters. The lowest BCUT2D eigenvalue weighted by Crippen LogP contribution is -2.37. The van der Waals surface area contributed by atoms with Crippen LogP contribution in [0.3, 0.4) is 0 Å². The molecule has 0 aliphatic rings. The van der Waals surface area contributed by atoms with Crippen LogP contribution in [0, 0.1) is 0 Å². The minimum atomic E-state index is -0.125. The second-order valence-corrected chi connectivity index (χ2v) is 4.32. The number of nitrogens with two attached hydrogens (primary N) is 1. The maximum Gasteiger partial charge on any atom is 0.293 e. The van der Waals surface area contributed by atoms with Crippen molar-refractivity contribution in [2.45, 2.75) is 19.4 Å². The summed E-state index contributed by atoms with van der Waals surface area (Å²) in [6.45, 7) is 1.95. The van der Waals surface area contributed by atoms with E-state index in [-0.39, 0.29) is 11.6 Å². The van der Waals surface area contributed by atoms with Gasteiger partial charge in [-0.1, -0.05) is 12.2 Å². The minimum absolute atomic E-state index is 0.0556. The fraction of sp³-hybridized carbons (Fsp3) is 0.500. The van der Waals surface area contributed by atoms with Crippen molar-refractivity contribution < 1.29 is 0 Å². The van der Waals surface area contributed by atoms with Crippen molar-refractivity contribution in [1.82, 2.24) is 9.55 Å². The molecule has 0 fully saturated rings. The van der Waals surface area contributed by atoms with Crippen LogP contribution >= 0.6 is 12.2 Å². The summed E-state index contributed by atoms with van der Waals surface area (Å²) in [5, 5.41) is 0. The van der Waals surface area contributed by atoms with Crippen LogP contribution in [-0.4, -0.2) is 27.6 Å². The summed E-state index contributed by atoms with van der Waals surface area (Å²) in [4.78, 5) is 18.1. The van der Waals surface area contributed by atoms with Gasteiger partial charge in [0.1, 0.15) is 0 Å². The molecule has 2 N–H and O–H groups in total. The first kappa shape index (κ1) is 12.6. The van der Waals surface area contributed by atoms with Gasteiger partial charge in [-0.3, -0.25) is 4.79 Å². The maximum atomic E-state index is 11.8. The lowest BCUT2D eigenvalue weighted by atomic mass is 10.2. The van der Waals surface area contributed by atoms with E-state index in [0.29, 0.717) is 17.2 Å². The molecule has 5 nitrogen and oxygen atoms in total. The highest BCUT2D eigenvalue weighted by atomic mass is 32.1. The molecule has 1 aromatic heterocycles. The Bertz CT molecular complexity index is 443. The Labute approximate surface area is 99.9 Å². The smallest absolute Gasteiger partial charge is 0.293 e. The second kappa shape index (κ2) is 5.07. The van der Waals surface area contributed by atoms with Crippen molar-refractivity contribution in [2.24, 2.45) is 12.8 Å². The molecule has 16 heavy (non-hydrogen) atoms. The summed E-state index contributed by atoms with van der Waals surface area (Å²) >= 11 is 4.85. The first-order valence-electron chi connectivity index (χ1n) is 4.96. The van der Waals surface area contributed by atoms with E-state index in [1.165, 1.54) is 4.57 Å². The normalized spacial score (nSPS) is 12.2. The minimum Gasteiger partial charge on any atom is -0.393 e. The topological polar surface area (TPSA) is 64.2 Å². The molecule has 1 aromatic rings. The van der Waals surface area contributed by atoms with Gasteiger partial charge >= 0.3 is 0 Å². The second-order valence-electron chi connectivity index (χ2n) is 3.80. The molecule has 0 aromatic carbocycles. The Morgan fingerprint density at radius 2 is 2.38 bits per heavy atom. The predicted octanol–water partition coefficient (Wildman–Crippen LogP) is 0.281. The molecule has 0 radical (unpaired) electrons. The van der Waals surface area contributed by atoms with Gasteiger partial charge in [0.05, 0.1) is 4.99 Å². The Morgan fingerprint density at radius 3 is 2.94 bits per heavy atom. The van der Waals surface area contributed by atoms with E-state index in [9.17, 15) is 4.79 Å². The van der Waals surface area contributed by atoms with Crippen molar-refractivity contribution in [3.05, 3.63) is 22.7 Å². The van der Waals surface area contributed by atoms with E-state index >= 15 is 0 Å². The highest BCUT2D eigenvalue weighted by molar-refractivity contribution is 7.80. The number of thiocarbonyl (C=S) groups is 1. The monoisotopic (exact) mass is 240 g/mol. The van der Waals surface area contributed by atoms with Crippen molar-refractivity contribution >= 4 is 23.0 Å². The van der Waals surface area contributed by atoms with Crippen LogP contribution in [0.5, 0.6) is 0 Å².